The van der Waals surface area contributed by atoms with Crippen LogP contribution in [0.3, 0.4) is 0 Å². The summed E-state index contributed by atoms with van der Waals surface area (Å²) in [5, 5.41) is 8.75. The molecule has 3 aromatic rings. The van der Waals surface area contributed by atoms with Gasteiger partial charge in [0, 0.05) is 6.54 Å². The van der Waals surface area contributed by atoms with Crippen molar-refractivity contribution < 1.29 is 13.2 Å². The van der Waals surface area contributed by atoms with Gasteiger partial charge in [-0.25, -0.2) is 18.5 Å². The second-order valence-corrected chi connectivity index (χ2v) is 10.2. The normalized spacial score (nSPS) is 12.8. The average Bonchev–Trinajstić information content (AvgIpc) is 3.01. The van der Waals surface area contributed by atoms with Gasteiger partial charge in [0.1, 0.15) is 0 Å². The highest BCUT2D eigenvalue weighted by Gasteiger charge is 2.21. The summed E-state index contributed by atoms with van der Waals surface area (Å²) in [6.45, 7) is 4.45. The predicted molar refractivity (Wildman–Crippen MR) is 122 cm³/mol. The van der Waals surface area contributed by atoms with Crippen LogP contribution in [0.25, 0.3) is 11.0 Å². The van der Waals surface area contributed by atoms with Crippen LogP contribution in [0.1, 0.15) is 20.3 Å². The van der Waals surface area contributed by atoms with Gasteiger partial charge in [-0.2, -0.15) is 0 Å². The van der Waals surface area contributed by atoms with Crippen LogP contribution in [0.2, 0.25) is 10.0 Å². The number of carbonyl (C=O) groups is 1. The third kappa shape index (κ3) is 4.92. The Morgan fingerprint density at radius 1 is 1.30 bits per heavy atom. The molecule has 1 heterocycles. The first kappa shape index (κ1) is 22.9. The molecule has 0 bridgehead atoms. The molecule has 0 aliphatic carbocycles. The lowest BCUT2D eigenvalue weighted by Gasteiger charge is -2.14. The smallest absolute Gasteiger partial charge is 0.238 e. The molecule has 160 valence electrons. The van der Waals surface area contributed by atoms with Gasteiger partial charge in [-0.1, -0.05) is 48.0 Å². The Balaban J connectivity index is 1.88. The van der Waals surface area contributed by atoms with Crippen molar-refractivity contribution in [1.29, 1.82) is 0 Å². The largest absolute Gasteiger partial charge is 0.324 e. The summed E-state index contributed by atoms with van der Waals surface area (Å²) in [5.41, 5.74) is 1.71. The molecule has 0 aliphatic heterocycles. The van der Waals surface area contributed by atoms with Crippen molar-refractivity contribution in [3.63, 3.8) is 0 Å². The second kappa shape index (κ2) is 9.15. The number of hydrogen-bond acceptors (Lipinski definition) is 5. The Morgan fingerprint density at radius 2 is 2.03 bits per heavy atom. The number of benzene rings is 2. The van der Waals surface area contributed by atoms with Gasteiger partial charge in [-0.3, -0.25) is 4.79 Å². The Kier molecular flexibility index (Phi) is 6.98. The minimum absolute atomic E-state index is 0.00547. The van der Waals surface area contributed by atoms with E-state index < -0.39 is 15.3 Å². The zero-order chi connectivity index (χ0) is 22.1. The molecule has 0 aliphatic rings. The van der Waals surface area contributed by atoms with Crippen LogP contribution >= 0.6 is 35.0 Å². The number of aromatic nitrogens is 2. The highest BCUT2D eigenvalue weighted by atomic mass is 35.5. The first-order chi connectivity index (χ1) is 14.1. The van der Waals surface area contributed by atoms with E-state index in [1.165, 1.54) is 23.9 Å². The number of thioether (sulfide) groups is 1. The maximum Gasteiger partial charge on any atom is 0.238 e. The Bertz CT molecular complexity index is 1210. The molecule has 1 unspecified atom stereocenters. The third-order valence-electron chi connectivity index (χ3n) is 4.32. The van der Waals surface area contributed by atoms with Crippen molar-refractivity contribution in [3.05, 3.63) is 46.4 Å². The molecule has 0 fully saturated rings. The number of primary sulfonamides is 1. The zero-order valence-electron chi connectivity index (χ0n) is 16.2. The number of nitrogens with zero attached hydrogens (tertiary/aromatic N) is 2. The molecular formula is C19H20Cl2N4O3S2. The quantitative estimate of drug-likeness (QED) is 0.477. The topological polar surface area (TPSA) is 107 Å². The SMILES string of the molecule is CCCn1c(SC(C)C(=O)Nc2cccc(Cl)c2Cl)nc2cc(S(N)(=O)=O)ccc21. The summed E-state index contributed by atoms with van der Waals surface area (Å²) in [5.74, 6) is -0.260. The van der Waals surface area contributed by atoms with Crippen molar-refractivity contribution in [1.82, 2.24) is 9.55 Å². The Hall–Kier alpha value is -1.78. The van der Waals surface area contributed by atoms with Crippen molar-refractivity contribution >= 4 is 67.6 Å². The summed E-state index contributed by atoms with van der Waals surface area (Å²) in [7, 11) is -3.83. The zero-order valence-corrected chi connectivity index (χ0v) is 19.4. The number of nitrogens with one attached hydrogen (secondary N) is 1. The van der Waals surface area contributed by atoms with Gasteiger partial charge in [0.15, 0.2) is 5.16 Å². The van der Waals surface area contributed by atoms with Crippen LogP contribution in [0.5, 0.6) is 0 Å². The number of aryl methyl sites for hydroxylation is 1. The molecular weight excluding hydrogens is 467 g/mol. The molecule has 1 aromatic heterocycles. The summed E-state index contributed by atoms with van der Waals surface area (Å²) in [4.78, 5) is 17.2. The van der Waals surface area contributed by atoms with Gasteiger partial charge in [-0.15, -0.1) is 0 Å². The molecule has 3 rings (SSSR count). The standard InChI is InChI=1S/C19H20Cl2N4O3S2/c1-3-9-25-16-8-7-12(30(22,27)28)10-15(16)24-19(25)29-11(2)18(26)23-14-6-4-5-13(20)17(14)21/h4-8,10-11H,3,9H2,1-2H3,(H,23,26)(H2,22,27,28). The van der Waals surface area contributed by atoms with E-state index in [4.69, 9.17) is 28.3 Å². The monoisotopic (exact) mass is 486 g/mol. The van der Waals surface area contributed by atoms with Gasteiger partial charge in [-0.05, 0) is 43.7 Å². The van der Waals surface area contributed by atoms with Crippen molar-refractivity contribution in [2.24, 2.45) is 5.14 Å². The molecule has 1 atom stereocenters. The van der Waals surface area contributed by atoms with Gasteiger partial charge in [0.2, 0.25) is 15.9 Å². The maximum absolute atomic E-state index is 12.7. The lowest BCUT2D eigenvalue weighted by atomic mass is 10.3. The van der Waals surface area contributed by atoms with Gasteiger partial charge in [0.05, 0.1) is 36.9 Å². The Morgan fingerprint density at radius 3 is 2.70 bits per heavy atom. The molecule has 2 aromatic carbocycles. The minimum Gasteiger partial charge on any atom is -0.324 e. The molecule has 0 radical (unpaired) electrons. The number of hydrogen-bond donors (Lipinski definition) is 2. The van der Waals surface area contributed by atoms with E-state index in [1.54, 1.807) is 31.2 Å². The summed E-state index contributed by atoms with van der Waals surface area (Å²) in [6.07, 6.45) is 0.842. The molecule has 7 nitrogen and oxygen atoms in total. The number of halogens is 2. The molecule has 0 saturated carbocycles. The van der Waals surface area contributed by atoms with Crippen LogP contribution in [-0.4, -0.2) is 29.1 Å². The number of imidazole rings is 1. The van der Waals surface area contributed by atoms with Crippen molar-refractivity contribution in [2.45, 2.75) is 42.1 Å². The van der Waals surface area contributed by atoms with E-state index >= 15 is 0 Å². The molecule has 30 heavy (non-hydrogen) atoms. The molecule has 0 saturated heterocycles. The van der Waals surface area contributed by atoms with Crippen molar-refractivity contribution in [3.8, 4) is 0 Å². The fraction of sp³-hybridized carbons (Fsp3) is 0.263. The molecule has 0 spiro atoms. The Labute approximate surface area is 189 Å². The van der Waals surface area contributed by atoms with E-state index in [0.717, 1.165) is 11.9 Å². The summed E-state index contributed by atoms with van der Waals surface area (Å²) < 4.78 is 25.3. The minimum atomic E-state index is -3.83. The lowest BCUT2D eigenvalue weighted by Crippen LogP contribution is -2.23. The van der Waals surface area contributed by atoms with E-state index in [-0.39, 0.29) is 15.8 Å². The molecule has 3 N–H and O–H groups in total. The van der Waals surface area contributed by atoms with Crippen molar-refractivity contribution in [2.75, 3.05) is 5.32 Å². The maximum atomic E-state index is 12.7. The number of fused-ring (bicyclic) bond motifs is 1. The average molecular weight is 487 g/mol. The van der Waals surface area contributed by atoms with E-state index in [2.05, 4.69) is 10.3 Å². The fourth-order valence-corrected chi connectivity index (χ4v) is 4.67. The number of rotatable bonds is 7. The molecule has 1 amide bonds. The fourth-order valence-electron chi connectivity index (χ4n) is 2.84. The van der Waals surface area contributed by atoms with Gasteiger partial charge in [0.25, 0.3) is 0 Å². The number of anilines is 1. The summed E-state index contributed by atoms with van der Waals surface area (Å²) in [6, 6.07) is 9.59. The third-order valence-corrected chi connectivity index (χ3v) is 7.14. The number of carbonyl (C=O) groups excluding carboxylic acids is 1. The van der Waals surface area contributed by atoms with Crippen LogP contribution in [-0.2, 0) is 21.4 Å². The van der Waals surface area contributed by atoms with Crippen LogP contribution in [0.15, 0.2) is 46.5 Å². The number of amides is 1. The van der Waals surface area contributed by atoms with Crippen LogP contribution in [0, 0.1) is 0 Å². The number of nitrogens with two attached hydrogens (primary N) is 1. The second-order valence-electron chi connectivity index (χ2n) is 6.59. The van der Waals surface area contributed by atoms with Gasteiger partial charge >= 0.3 is 0 Å². The highest BCUT2D eigenvalue weighted by molar-refractivity contribution is 8.00. The lowest BCUT2D eigenvalue weighted by molar-refractivity contribution is -0.115. The highest BCUT2D eigenvalue weighted by Crippen LogP contribution is 2.32. The molecule has 11 heteroatoms. The van der Waals surface area contributed by atoms with Gasteiger partial charge < -0.3 is 9.88 Å². The van der Waals surface area contributed by atoms with E-state index in [0.29, 0.717) is 27.9 Å². The first-order valence-electron chi connectivity index (χ1n) is 9.06. The van der Waals surface area contributed by atoms with Crippen LogP contribution < -0.4 is 10.5 Å². The predicted octanol–water partition coefficient (Wildman–Crippen LogP) is 4.52. The van der Waals surface area contributed by atoms with E-state index in [1.807, 2.05) is 11.5 Å². The van der Waals surface area contributed by atoms with E-state index in [9.17, 15) is 13.2 Å². The number of sulfonamides is 1. The summed E-state index contributed by atoms with van der Waals surface area (Å²) >= 11 is 13.4. The first-order valence-corrected chi connectivity index (χ1v) is 12.2. The van der Waals surface area contributed by atoms with Crippen LogP contribution in [0.4, 0.5) is 5.69 Å².